The summed E-state index contributed by atoms with van der Waals surface area (Å²) < 4.78 is 0.446. The Labute approximate surface area is 134 Å². The molecule has 1 aromatic carbocycles. The van der Waals surface area contributed by atoms with Crippen LogP contribution in [0.15, 0.2) is 11.0 Å². The number of amides is 1. The van der Waals surface area contributed by atoms with Crippen molar-refractivity contribution >= 4 is 75.1 Å². The molecule has 0 bridgehead atoms. The predicted octanol–water partition coefficient (Wildman–Crippen LogP) is 4.18. The quantitative estimate of drug-likeness (QED) is 0.606. The SMILES string of the molecule is CN1C(=O)/C(=C\c2c(Cl)cc(Cl)c(O)c2Cl)SC1=S. The number of phenols is 1. The molecule has 0 unspecified atom stereocenters. The van der Waals surface area contributed by atoms with Crippen LogP contribution >= 0.6 is 58.8 Å². The van der Waals surface area contributed by atoms with Gasteiger partial charge in [-0.15, -0.1) is 0 Å². The first-order chi connectivity index (χ1) is 8.82. The molecule has 1 saturated heterocycles. The molecule has 19 heavy (non-hydrogen) atoms. The fraction of sp³-hybridized carbons (Fsp3) is 0.0909. The minimum absolute atomic E-state index is 0.00104. The molecule has 0 saturated carbocycles. The van der Waals surface area contributed by atoms with Crippen molar-refractivity contribution in [3.05, 3.63) is 31.6 Å². The number of halogens is 3. The first kappa shape index (κ1) is 14.9. The van der Waals surface area contributed by atoms with Crippen LogP contribution in [0.4, 0.5) is 0 Å². The number of thioether (sulfide) groups is 1. The van der Waals surface area contributed by atoms with E-state index in [9.17, 15) is 9.90 Å². The maximum absolute atomic E-state index is 11.9. The Morgan fingerprint density at radius 1 is 1.37 bits per heavy atom. The van der Waals surface area contributed by atoms with Crippen molar-refractivity contribution < 1.29 is 9.90 Å². The molecular weight excluding hydrogens is 349 g/mol. The smallest absolute Gasteiger partial charge is 0.265 e. The standard InChI is InChI=1S/C11H6Cl3NO2S2/c1-15-10(17)7(19-11(15)18)2-4-5(12)3-6(13)9(16)8(4)14/h2-3,16H,1H3/b7-2+. The molecule has 1 N–H and O–H groups in total. The monoisotopic (exact) mass is 353 g/mol. The second-order valence-corrected chi connectivity index (χ2v) is 6.53. The Balaban J connectivity index is 2.54. The molecule has 8 heteroatoms. The first-order valence-corrected chi connectivity index (χ1v) is 7.26. The van der Waals surface area contributed by atoms with Gasteiger partial charge in [0.25, 0.3) is 5.91 Å². The van der Waals surface area contributed by atoms with Gasteiger partial charge in [0.05, 0.1) is 20.0 Å². The van der Waals surface area contributed by atoms with Gasteiger partial charge in [-0.3, -0.25) is 9.69 Å². The molecule has 1 aliphatic heterocycles. The van der Waals surface area contributed by atoms with Crippen molar-refractivity contribution in [2.45, 2.75) is 0 Å². The third-order valence-electron chi connectivity index (χ3n) is 2.44. The molecule has 0 radical (unpaired) electrons. The molecule has 2 rings (SSSR count). The van der Waals surface area contributed by atoms with Crippen LogP contribution in [0.3, 0.4) is 0 Å². The number of carbonyl (C=O) groups excluding carboxylic acids is 1. The highest BCUT2D eigenvalue weighted by Crippen LogP contribution is 2.41. The van der Waals surface area contributed by atoms with Crippen LogP contribution in [0.5, 0.6) is 5.75 Å². The van der Waals surface area contributed by atoms with Crippen LogP contribution in [0.2, 0.25) is 15.1 Å². The maximum Gasteiger partial charge on any atom is 0.265 e. The van der Waals surface area contributed by atoms with Gasteiger partial charge in [0.2, 0.25) is 0 Å². The van der Waals surface area contributed by atoms with E-state index in [1.807, 2.05) is 0 Å². The number of phenolic OH excluding ortho intramolecular Hbond substituents is 1. The van der Waals surface area contributed by atoms with Gasteiger partial charge in [-0.25, -0.2) is 0 Å². The van der Waals surface area contributed by atoms with Crippen LogP contribution < -0.4 is 0 Å². The molecular formula is C11H6Cl3NO2S2. The highest BCUT2D eigenvalue weighted by atomic mass is 35.5. The molecule has 0 atom stereocenters. The van der Waals surface area contributed by atoms with E-state index >= 15 is 0 Å². The number of aromatic hydroxyl groups is 1. The zero-order valence-electron chi connectivity index (χ0n) is 9.41. The molecule has 1 aromatic rings. The summed E-state index contributed by atoms with van der Waals surface area (Å²) in [6.45, 7) is 0. The van der Waals surface area contributed by atoms with E-state index in [-0.39, 0.29) is 26.7 Å². The van der Waals surface area contributed by atoms with E-state index in [4.69, 9.17) is 47.0 Å². The van der Waals surface area contributed by atoms with E-state index in [0.29, 0.717) is 14.8 Å². The van der Waals surface area contributed by atoms with Crippen molar-refractivity contribution in [3.63, 3.8) is 0 Å². The Morgan fingerprint density at radius 3 is 2.53 bits per heavy atom. The summed E-state index contributed by atoms with van der Waals surface area (Å²) in [6.07, 6.45) is 1.49. The van der Waals surface area contributed by atoms with Gasteiger partial charge in [-0.2, -0.15) is 0 Å². The number of nitrogens with zero attached hydrogens (tertiary/aromatic N) is 1. The first-order valence-electron chi connectivity index (χ1n) is 4.91. The van der Waals surface area contributed by atoms with Crippen molar-refractivity contribution in [2.75, 3.05) is 7.05 Å². The second-order valence-electron chi connectivity index (χ2n) is 3.66. The van der Waals surface area contributed by atoms with Crippen LogP contribution in [0.25, 0.3) is 6.08 Å². The molecule has 1 aliphatic rings. The van der Waals surface area contributed by atoms with Gasteiger partial charge >= 0.3 is 0 Å². The number of rotatable bonds is 1. The largest absolute Gasteiger partial charge is 0.505 e. The van der Waals surface area contributed by atoms with Gasteiger partial charge in [0.15, 0.2) is 5.75 Å². The van der Waals surface area contributed by atoms with E-state index < -0.39 is 0 Å². The zero-order chi connectivity index (χ0) is 14.3. The van der Waals surface area contributed by atoms with Gasteiger partial charge < -0.3 is 5.11 Å². The minimum Gasteiger partial charge on any atom is -0.505 e. The molecule has 100 valence electrons. The molecule has 3 nitrogen and oxygen atoms in total. The lowest BCUT2D eigenvalue weighted by molar-refractivity contribution is -0.121. The normalized spacial score (nSPS) is 17.7. The van der Waals surface area contributed by atoms with Crippen LogP contribution in [-0.2, 0) is 4.79 Å². The van der Waals surface area contributed by atoms with Gasteiger partial charge in [0, 0.05) is 12.6 Å². The molecule has 1 heterocycles. The predicted molar refractivity (Wildman–Crippen MR) is 84.1 cm³/mol. The molecule has 1 fully saturated rings. The maximum atomic E-state index is 11.9. The van der Waals surface area contributed by atoms with E-state index in [0.717, 1.165) is 11.8 Å². The summed E-state index contributed by atoms with van der Waals surface area (Å²) >= 11 is 23.9. The molecule has 0 spiro atoms. The number of thiocarbonyl (C=S) groups is 1. The number of benzene rings is 1. The van der Waals surface area contributed by atoms with Crippen molar-refractivity contribution in [3.8, 4) is 5.75 Å². The number of likely N-dealkylation sites (N-methyl/N-ethyl adjacent to an activating group) is 1. The topological polar surface area (TPSA) is 40.5 Å². The zero-order valence-corrected chi connectivity index (χ0v) is 13.3. The Kier molecular flexibility index (Phi) is 4.32. The lowest BCUT2D eigenvalue weighted by atomic mass is 10.2. The lowest BCUT2D eigenvalue weighted by Crippen LogP contribution is -2.22. The highest BCUT2D eigenvalue weighted by Gasteiger charge is 2.29. The average molecular weight is 355 g/mol. The van der Waals surface area contributed by atoms with Gasteiger partial charge in [0.1, 0.15) is 4.32 Å². The Hall–Kier alpha value is -0.460. The highest BCUT2D eigenvalue weighted by molar-refractivity contribution is 8.26. The van der Waals surface area contributed by atoms with Crippen molar-refractivity contribution in [1.29, 1.82) is 0 Å². The summed E-state index contributed by atoms with van der Waals surface area (Å²) in [4.78, 5) is 13.6. The number of hydrogen-bond acceptors (Lipinski definition) is 4. The molecule has 0 aliphatic carbocycles. The van der Waals surface area contributed by atoms with Crippen LogP contribution in [0.1, 0.15) is 5.56 Å². The summed E-state index contributed by atoms with van der Waals surface area (Å²) in [5.41, 5.74) is 0.333. The Bertz CT molecular complexity index is 631. The van der Waals surface area contributed by atoms with Crippen LogP contribution in [-0.4, -0.2) is 27.3 Å². The van der Waals surface area contributed by atoms with Gasteiger partial charge in [-0.1, -0.05) is 58.8 Å². The minimum atomic E-state index is -0.272. The van der Waals surface area contributed by atoms with E-state index in [2.05, 4.69) is 0 Å². The number of carbonyl (C=O) groups is 1. The summed E-state index contributed by atoms with van der Waals surface area (Å²) in [6, 6.07) is 1.36. The van der Waals surface area contributed by atoms with Crippen LogP contribution in [0, 0.1) is 0 Å². The summed E-state index contributed by atoms with van der Waals surface area (Å²) in [5, 5.41) is 9.97. The third-order valence-corrected chi connectivity index (χ3v) is 4.91. The average Bonchev–Trinajstić information content (AvgIpc) is 2.59. The summed E-state index contributed by atoms with van der Waals surface area (Å²) in [7, 11) is 1.58. The van der Waals surface area contributed by atoms with E-state index in [1.54, 1.807) is 7.05 Å². The Morgan fingerprint density at radius 2 is 2.00 bits per heavy atom. The van der Waals surface area contributed by atoms with Crippen molar-refractivity contribution in [1.82, 2.24) is 4.90 Å². The summed E-state index contributed by atoms with van der Waals surface area (Å²) in [5.74, 6) is -0.512. The fourth-order valence-electron chi connectivity index (χ4n) is 1.40. The second kappa shape index (κ2) is 5.50. The molecule has 1 amide bonds. The lowest BCUT2D eigenvalue weighted by Gasteiger charge is -2.07. The number of hydrogen-bond donors (Lipinski definition) is 1. The fourth-order valence-corrected chi connectivity index (χ4v) is 3.44. The van der Waals surface area contributed by atoms with E-state index in [1.165, 1.54) is 17.0 Å². The van der Waals surface area contributed by atoms with Gasteiger partial charge in [-0.05, 0) is 12.1 Å². The van der Waals surface area contributed by atoms with Crippen molar-refractivity contribution in [2.24, 2.45) is 0 Å². The molecule has 0 aromatic heterocycles. The third kappa shape index (κ3) is 2.71.